The first-order valence-electron chi connectivity index (χ1n) is 34.6. The second-order valence-corrected chi connectivity index (χ2v) is 24.3. The molecule has 1 aliphatic rings. The maximum absolute atomic E-state index is 13.4. The van der Waals surface area contributed by atoms with Gasteiger partial charge >= 0.3 is 5.97 Å². The molecule has 8 atom stereocenters. The van der Waals surface area contributed by atoms with Gasteiger partial charge in [0.2, 0.25) is 5.91 Å². The van der Waals surface area contributed by atoms with Gasteiger partial charge in [-0.1, -0.05) is 308 Å². The second-order valence-electron chi connectivity index (χ2n) is 24.3. The highest BCUT2D eigenvalue weighted by Gasteiger charge is 2.47. The zero-order valence-corrected chi connectivity index (χ0v) is 52.5. The minimum atomic E-state index is -1.61. The molecule has 0 spiro atoms. The fourth-order valence-electron chi connectivity index (χ4n) is 11.1. The maximum Gasteiger partial charge on any atom is 0.306 e. The Hall–Kier alpha value is -1.86. The highest BCUT2D eigenvalue weighted by atomic mass is 16.7. The number of carbonyl (C=O) groups excluding carboxylic acids is 2. The SMILES string of the molecule is CCCCCCCCC/C=C\CCCCC(O)C(=O)NC(COC1OC(CO)C(O)C(O)C1OC(=O)CCCCCCCCCCCCCCCCCCCCCCCCCCC)C(O)/C=C/CCCCCCCCCCCCC. The molecule has 1 rings (SSSR count). The van der Waals surface area contributed by atoms with Crippen LogP contribution in [0.15, 0.2) is 24.3 Å². The van der Waals surface area contributed by atoms with Gasteiger partial charge in [-0.25, -0.2) is 0 Å². The molecule has 0 aromatic rings. The van der Waals surface area contributed by atoms with Crippen LogP contribution in [0.2, 0.25) is 0 Å². The molecule has 0 aromatic heterocycles. The van der Waals surface area contributed by atoms with Crippen molar-refractivity contribution in [3.05, 3.63) is 24.3 Å². The van der Waals surface area contributed by atoms with E-state index in [1.165, 1.54) is 238 Å². The summed E-state index contributed by atoms with van der Waals surface area (Å²) in [5.74, 6) is -1.19. The number of ether oxygens (including phenoxy) is 3. The van der Waals surface area contributed by atoms with Crippen molar-refractivity contribution >= 4 is 11.9 Å². The first kappa shape index (κ1) is 76.2. The van der Waals surface area contributed by atoms with Gasteiger partial charge < -0.3 is 45.1 Å². The summed E-state index contributed by atoms with van der Waals surface area (Å²) in [6.07, 6.45) is 58.1. The van der Waals surface area contributed by atoms with Gasteiger partial charge in [0.1, 0.15) is 24.4 Å². The summed E-state index contributed by atoms with van der Waals surface area (Å²) in [4.78, 5) is 26.6. The lowest BCUT2D eigenvalue weighted by Gasteiger charge is -2.41. The van der Waals surface area contributed by atoms with Gasteiger partial charge in [-0.3, -0.25) is 9.59 Å². The third-order valence-corrected chi connectivity index (χ3v) is 16.6. The first-order valence-corrected chi connectivity index (χ1v) is 34.6. The van der Waals surface area contributed by atoms with E-state index in [1.807, 2.05) is 6.08 Å². The van der Waals surface area contributed by atoms with Crippen LogP contribution in [0.5, 0.6) is 0 Å². The van der Waals surface area contributed by atoms with Crippen molar-refractivity contribution < 1.29 is 49.3 Å². The molecule has 1 aliphatic heterocycles. The third kappa shape index (κ3) is 44.6. The highest BCUT2D eigenvalue weighted by Crippen LogP contribution is 2.26. The topological polar surface area (TPSA) is 175 Å². The Labute approximate surface area is 492 Å². The quantitative estimate of drug-likeness (QED) is 0.0195. The molecule has 0 radical (unpaired) electrons. The molecule has 8 unspecified atom stereocenters. The van der Waals surface area contributed by atoms with Crippen molar-refractivity contribution in [2.45, 2.75) is 391 Å². The minimum absolute atomic E-state index is 0.128. The van der Waals surface area contributed by atoms with Crippen molar-refractivity contribution in [2.24, 2.45) is 0 Å². The number of hydrogen-bond acceptors (Lipinski definition) is 10. The van der Waals surface area contributed by atoms with Crippen molar-refractivity contribution in [2.75, 3.05) is 13.2 Å². The second kappa shape index (κ2) is 57.6. The smallest absolute Gasteiger partial charge is 0.306 e. The number of unbranched alkanes of at least 4 members (excludes halogenated alkanes) is 44. The van der Waals surface area contributed by atoms with Crippen molar-refractivity contribution in [1.82, 2.24) is 5.32 Å². The number of esters is 1. The number of rotatable bonds is 60. The highest BCUT2D eigenvalue weighted by molar-refractivity contribution is 5.80. The first-order chi connectivity index (χ1) is 39.2. The van der Waals surface area contributed by atoms with Gasteiger partial charge in [-0.05, 0) is 51.4 Å². The summed E-state index contributed by atoms with van der Waals surface area (Å²) in [5, 5.41) is 57.1. The van der Waals surface area contributed by atoms with Crippen LogP contribution in [0.4, 0.5) is 0 Å². The molecule has 1 saturated heterocycles. The Bertz CT molecular complexity index is 1400. The molecule has 0 bridgehead atoms. The molecule has 11 heteroatoms. The summed E-state index contributed by atoms with van der Waals surface area (Å²) in [6, 6.07) is -1.03. The van der Waals surface area contributed by atoms with Crippen LogP contribution in [0.1, 0.15) is 342 Å². The average Bonchev–Trinajstić information content (AvgIpc) is 3.45. The van der Waals surface area contributed by atoms with Crippen molar-refractivity contribution in [1.29, 1.82) is 0 Å². The summed E-state index contributed by atoms with van der Waals surface area (Å²) in [5.41, 5.74) is 0. The van der Waals surface area contributed by atoms with Crippen molar-refractivity contribution in [3.8, 4) is 0 Å². The predicted octanol–water partition coefficient (Wildman–Crippen LogP) is 17.2. The zero-order chi connectivity index (χ0) is 58.2. The average molecular weight is 1130 g/mol. The van der Waals surface area contributed by atoms with Crippen LogP contribution in [0.25, 0.3) is 0 Å². The molecule has 1 fully saturated rings. The molecule has 472 valence electrons. The number of aliphatic hydroxyl groups is 5. The Kier molecular flexibility index (Phi) is 54.8. The number of aliphatic hydroxyl groups excluding tert-OH is 5. The van der Waals surface area contributed by atoms with Gasteiger partial charge in [0.25, 0.3) is 0 Å². The molecule has 1 amide bonds. The van der Waals surface area contributed by atoms with Gasteiger partial charge in [0.05, 0.1) is 25.4 Å². The van der Waals surface area contributed by atoms with Crippen molar-refractivity contribution in [3.63, 3.8) is 0 Å². The molecule has 6 N–H and O–H groups in total. The van der Waals surface area contributed by atoms with Crippen LogP contribution in [0.3, 0.4) is 0 Å². The molecule has 1 heterocycles. The minimum Gasteiger partial charge on any atom is -0.454 e. The van der Waals surface area contributed by atoms with Gasteiger partial charge in [-0.2, -0.15) is 0 Å². The lowest BCUT2D eigenvalue weighted by atomic mass is 9.99. The van der Waals surface area contributed by atoms with E-state index in [-0.39, 0.29) is 19.4 Å². The fourth-order valence-corrected chi connectivity index (χ4v) is 11.1. The number of amides is 1. The molecule has 11 nitrogen and oxygen atoms in total. The normalized spacial score (nSPS) is 18.8. The van der Waals surface area contributed by atoms with E-state index >= 15 is 0 Å². The Morgan fingerprint density at radius 3 is 1.21 bits per heavy atom. The standard InChI is InChI=1S/C69H131NO10/c1-4-7-10-13-16-19-22-25-26-27-28-29-30-31-32-33-34-35-36-39-42-45-48-51-54-57-64(74)80-67-66(76)65(75)63(58-71)79-69(67)78-59-60(61(72)55-52-49-46-43-40-37-23-20-17-14-11-8-5-2)70-68(77)62(73)56-53-50-47-44-41-38-24-21-18-15-12-9-6-3/h41,44,52,55,60-63,65-67,69,71-73,75-76H,4-40,42-43,45-51,53-54,56-59H2,1-3H3,(H,70,77)/b44-41-,55-52+. The van der Waals surface area contributed by atoms with Crippen LogP contribution >= 0.6 is 0 Å². The number of allylic oxidation sites excluding steroid dienone is 3. The maximum atomic E-state index is 13.4. The van der Waals surface area contributed by atoms with E-state index in [0.717, 1.165) is 57.8 Å². The van der Waals surface area contributed by atoms with Crippen LogP contribution in [-0.2, 0) is 23.8 Å². The summed E-state index contributed by atoms with van der Waals surface area (Å²) >= 11 is 0. The van der Waals surface area contributed by atoms with E-state index in [0.29, 0.717) is 12.8 Å². The Morgan fingerprint density at radius 1 is 0.475 bits per heavy atom. The van der Waals surface area contributed by atoms with E-state index in [1.54, 1.807) is 6.08 Å². The largest absolute Gasteiger partial charge is 0.454 e. The summed E-state index contributed by atoms with van der Waals surface area (Å²) < 4.78 is 17.7. The molecule has 0 saturated carbocycles. The number of nitrogens with one attached hydrogen (secondary N) is 1. The number of hydrogen-bond donors (Lipinski definition) is 6. The molecule has 80 heavy (non-hydrogen) atoms. The Morgan fingerprint density at radius 2 is 0.825 bits per heavy atom. The van der Waals surface area contributed by atoms with E-state index in [9.17, 15) is 35.1 Å². The molecular weight excluding hydrogens is 1000 g/mol. The summed E-state index contributed by atoms with van der Waals surface area (Å²) in [6.45, 7) is 5.82. The fraction of sp³-hybridized carbons (Fsp3) is 0.913. The van der Waals surface area contributed by atoms with E-state index in [4.69, 9.17) is 14.2 Å². The molecule has 0 aromatic carbocycles. The van der Waals surface area contributed by atoms with E-state index < -0.39 is 67.4 Å². The number of carbonyl (C=O) groups is 2. The lowest BCUT2D eigenvalue weighted by molar-refractivity contribution is -0.305. The van der Waals surface area contributed by atoms with E-state index in [2.05, 4.69) is 38.2 Å². The summed E-state index contributed by atoms with van der Waals surface area (Å²) in [7, 11) is 0. The lowest BCUT2D eigenvalue weighted by Crippen LogP contribution is -2.61. The monoisotopic (exact) mass is 1130 g/mol. The van der Waals surface area contributed by atoms with Gasteiger partial charge in [-0.15, -0.1) is 0 Å². The predicted molar refractivity (Wildman–Crippen MR) is 334 cm³/mol. The van der Waals surface area contributed by atoms with Gasteiger partial charge in [0, 0.05) is 6.42 Å². The molecular formula is C69H131NO10. The van der Waals surface area contributed by atoms with Crippen LogP contribution < -0.4 is 5.32 Å². The third-order valence-electron chi connectivity index (χ3n) is 16.6. The Balaban J connectivity index is 2.55. The van der Waals surface area contributed by atoms with Crippen LogP contribution in [-0.4, -0.2) is 99.6 Å². The van der Waals surface area contributed by atoms with Crippen LogP contribution in [0, 0.1) is 0 Å². The molecule has 0 aliphatic carbocycles. The van der Waals surface area contributed by atoms with Gasteiger partial charge in [0.15, 0.2) is 12.4 Å². The zero-order valence-electron chi connectivity index (χ0n) is 52.5.